The Hall–Kier alpha value is -3.08. The van der Waals surface area contributed by atoms with Gasteiger partial charge in [-0.15, -0.1) is 0 Å². The molecule has 0 bridgehead atoms. The van der Waals surface area contributed by atoms with Gasteiger partial charge < -0.3 is 24.8 Å². The standard InChI is InChI=1S/C25H26N2O7/c28-12-20-21(29)22(30)23(34-20)18-11-27(25(32)26-24(18)31)9-10-33-13-19-16-7-3-1-5-14(16)15-6-2-4-8-17(15)19/h1-8,11,19-23,28-30H,9-10,12-13H2,(H,26,31,32). The highest BCUT2D eigenvalue weighted by atomic mass is 16.6. The zero-order chi connectivity index (χ0) is 23.8. The Kier molecular flexibility index (Phi) is 6.20. The molecule has 1 aliphatic heterocycles. The first-order chi connectivity index (χ1) is 16.5. The van der Waals surface area contributed by atoms with Crippen molar-refractivity contribution in [3.05, 3.63) is 92.3 Å². The second-order valence-electron chi connectivity index (χ2n) is 8.60. The van der Waals surface area contributed by atoms with Crippen molar-refractivity contribution >= 4 is 0 Å². The fourth-order valence-electron chi connectivity index (χ4n) is 4.86. The molecule has 1 saturated heterocycles. The molecule has 5 rings (SSSR count). The molecule has 9 heteroatoms. The molecular weight excluding hydrogens is 440 g/mol. The summed E-state index contributed by atoms with van der Waals surface area (Å²) < 4.78 is 12.7. The van der Waals surface area contributed by atoms with Crippen LogP contribution < -0.4 is 11.2 Å². The van der Waals surface area contributed by atoms with Gasteiger partial charge in [-0.1, -0.05) is 48.5 Å². The van der Waals surface area contributed by atoms with Crippen molar-refractivity contribution in [1.29, 1.82) is 0 Å². The maximum atomic E-state index is 12.3. The van der Waals surface area contributed by atoms with E-state index in [0.29, 0.717) is 6.61 Å². The van der Waals surface area contributed by atoms with E-state index in [1.165, 1.54) is 33.0 Å². The molecule has 2 heterocycles. The number of ether oxygens (including phenoxy) is 2. The number of benzene rings is 2. The normalized spacial score (nSPS) is 23.7. The predicted molar refractivity (Wildman–Crippen MR) is 123 cm³/mol. The number of fused-ring (bicyclic) bond motifs is 3. The molecule has 2 aromatic carbocycles. The second-order valence-corrected chi connectivity index (χ2v) is 8.60. The highest BCUT2D eigenvalue weighted by molar-refractivity contribution is 5.78. The Morgan fingerprint density at radius 1 is 0.941 bits per heavy atom. The van der Waals surface area contributed by atoms with Crippen molar-refractivity contribution in [3.8, 4) is 11.1 Å². The third kappa shape index (κ3) is 3.91. The summed E-state index contributed by atoms with van der Waals surface area (Å²) in [4.78, 5) is 26.9. The van der Waals surface area contributed by atoms with Crippen molar-refractivity contribution in [2.75, 3.05) is 19.8 Å². The molecule has 0 amide bonds. The third-order valence-electron chi connectivity index (χ3n) is 6.61. The topological polar surface area (TPSA) is 134 Å². The number of rotatable bonds is 7. The molecule has 9 nitrogen and oxygen atoms in total. The number of nitrogens with one attached hydrogen (secondary N) is 1. The van der Waals surface area contributed by atoms with E-state index in [9.17, 15) is 24.9 Å². The lowest BCUT2D eigenvalue weighted by Gasteiger charge is -2.16. The van der Waals surface area contributed by atoms with E-state index in [1.807, 2.05) is 24.3 Å². The second kappa shape index (κ2) is 9.28. The van der Waals surface area contributed by atoms with Gasteiger partial charge in [0.1, 0.15) is 24.4 Å². The number of H-pyrrole nitrogens is 1. The lowest BCUT2D eigenvalue weighted by molar-refractivity contribution is -0.0233. The zero-order valence-corrected chi connectivity index (χ0v) is 18.3. The highest BCUT2D eigenvalue weighted by Gasteiger charge is 2.44. The first-order valence-electron chi connectivity index (χ1n) is 11.2. The van der Waals surface area contributed by atoms with Gasteiger partial charge in [0.15, 0.2) is 0 Å². The minimum absolute atomic E-state index is 0.000692. The average Bonchev–Trinajstić information content (AvgIpc) is 3.32. The van der Waals surface area contributed by atoms with Crippen LogP contribution in [0.4, 0.5) is 0 Å². The first kappa shape index (κ1) is 22.7. The lowest BCUT2D eigenvalue weighted by atomic mass is 9.98. The lowest BCUT2D eigenvalue weighted by Crippen LogP contribution is -2.36. The van der Waals surface area contributed by atoms with Crippen molar-refractivity contribution in [1.82, 2.24) is 9.55 Å². The van der Waals surface area contributed by atoms with E-state index >= 15 is 0 Å². The van der Waals surface area contributed by atoms with Gasteiger partial charge in [-0.3, -0.25) is 14.3 Å². The van der Waals surface area contributed by atoms with Gasteiger partial charge in [0.25, 0.3) is 5.56 Å². The first-order valence-corrected chi connectivity index (χ1v) is 11.2. The molecule has 3 aromatic rings. The molecule has 0 saturated carbocycles. The Labute approximate surface area is 194 Å². The number of aliphatic hydroxyl groups is 3. The monoisotopic (exact) mass is 466 g/mol. The van der Waals surface area contributed by atoms with Crippen LogP contribution in [0.5, 0.6) is 0 Å². The van der Waals surface area contributed by atoms with Gasteiger partial charge in [-0.05, 0) is 22.3 Å². The Morgan fingerprint density at radius 3 is 2.21 bits per heavy atom. The molecular formula is C25H26N2O7. The number of hydrogen-bond acceptors (Lipinski definition) is 7. The summed E-state index contributed by atoms with van der Waals surface area (Å²) >= 11 is 0. The van der Waals surface area contributed by atoms with Crippen LogP contribution in [-0.4, -0.2) is 63.0 Å². The van der Waals surface area contributed by atoms with Crippen LogP contribution in [0.15, 0.2) is 64.3 Å². The van der Waals surface area contributed by atoms with Crippen molar-refractivity contribution in [2.24, 2.45) is 0 Å². The number of aromatic nitrogens is 2. The Morgan fingerprint density at radius 2 is 1.59 bits per heavy atom. The van der Waals surface area contributed by atoms with Crippen LogP contribution in [0.2, 0.25) is 0 Å². The number of nitrogens with zero attached hydrogens (tertiary/aromatic N) is 1. The summed E-state index contributed by atoms with van der Waals surface area (Å²) in [5, 5.41) is 29.5. The Bertz CT molecular complexity index is 1260. The smallest absolute Gasteiger partial charge is 0.328 e. The fourth-order valence-corrected chi connectivity index (χ4v) is 4.86. The maximum Gasteiger partial charge on any atom is 0.328 e. The zero-order valence-electron chi connectivity index (χ0n) is 18.3. The van der Waals surface area contributed by atoms with Crippen LogP contribution in [0.25, 0.3) is 11.1 Å². The molecule has 1 aliphatic carbocycles. The molecule has 1 fully saturated rings. The number of hydrogen-bond donors (Lipinski definition) is 4. The van der Waals surface area contributed by atoms with Gasteiger partial charge in [0, 0.05) is 12.1 Å². The average molecular weight is 466 g/mol. The van der Waals surface area contributed by atoms with E-state index in [-0.39, 0.29) is 24.6 Å². The minimum Gasteiger partial charge on any atom is -0.394 e. The third-order valence-corrected chi connectivity index (χ3v) is 6.61. The highest BCUT2D eigenvalue weighted by Crippen LogP contribution is 2.44. The molecule has 2 aliphatic rings. The maximum absolute atomic E-state index is 12.3. The summed E-state index contributed by atoms with van der Waals surface area (Å²) in [5.41, 5.74) is 3.49. The molecule has 1 aromatic heterocycles. The van der Waals surface area contributed by atoms with Crippen LogP contribution >= 0.6 is 0 Å². The fraction of sp³-hybridized carbons (Fsp3) is 0.360. The summed E-state index contributed by atoms with van der Waals surface area (Å²) in [6.45, 7) is 0.330. The molecule has 34 heavy (non-hydrogen) atoms. The predicted octanol–water partition coefficient (Wildman–Crippen LogP) is 0.520. The Balaban J connectivity index is 1.28. The molecule has 4 atom stereocenters. The number of aliphatic hydroxyl groups excluding tert-OH is 3. The van der Waals surface area contributed by atoms with Crippen molar-refractivity contribution < 1.29 is 24.8 Å². The van der Waals surface area contributed by atoms with Gasteiger partial charge in [-0.25, -0.2) is 4.79 Å². The van der Waals surface area contributed by atoms with E-state index < -0.39 is 42.3 Å². The van der Waals surface area contributed by atoms with Crippen LogP contribution in [0.3, 0.4) is 0 Å². The summed E-state index contributed by atoms with van der Waals surface area (Å²) in [6.07, 6.45) is -3.60. The molecule has 4 N–H and O–H groups in total. The van der Waals surface area contributed by atoms with Gasteiger partial charge in [-0.2, -0.15) is 0 Å². The largest absolute Gasteiger partial charge is 0.394 e. The molecule has 178 valence electrons. The summed E-state index contributed by atoms with van der Waals surface area (Å²) in [6, 6.07) is 16.5. The minimum atomic E-state index is -1.40. The van der Waals surface area contributed by atoms with Crippen molar-refractivity contribution in [3.63, 3.8) is 0 Å². The quantitative estimate of drug-likeness (QED) is 0.373. The summed E-state index contributed by atoms with van der Waals surface area (Å²) in [7, 11) is 0. The molecule has 0 radical (unpaired) electrons. The van der Waals surface area contributed by atoms with E-state index in [2.05, 4.69) is 29.2 Å². The van der Waals surface area contributed by atoms with Gasteiger partial charge in [0.2, 0.25) is 0 Å². The van der Waals surface area contributed by atoms with Crippen LogP contribution in [0, 0.1) is 0 Å². The molecule has 0 spiro atoms. The van der Waals surface area contributed by atoms with E-state index in [0.717, 1.165) is 0 Å². The van der Waals surface area contributed by atoms with E-state index in [4.69, 9.17) is 9.47 Å². The van der Waals surface area contributed by atoms with E-state index in [1.54, 1.807) is 0 Å². The van der Waals surface area contributed by atoms with Crippen LogP contribution in [-0.2, 0) is 16.0 Å². The van der Waals surface area contributed by atoms with Gasteiger partial charge >= 0.3 is 5.69 Å². The van der Waals surface area contributed by atoms with Crippen LogP contribution in [0.1, 0.15) is 28.7 Å². The summed E-state index contributed by atoms with van der Waals surface area (Å²) in [5.74, 6) is 0.0919. The molecule has 4 unspecified atom stereocenters. The van der Waals surface area contributed by atoms with Gasteiger partial charge in [0.05, 0.1) is 31.9 Å². The SMILES string of the molecule is O=c1[nH]c(=O)n(CCOCC2c3ccccc3-c3ccccc32)cc1C1OC(CO)C(O)C1O. The number of aromatic amines is 1. The van der Waals surface area contributed by atoms with Crippen molar-refractivity contribution in [2.45, 2.75) is 36.9 Å².